The number of rotatable bonds is 1. The minimum Gasteiger partial charge on any atom is -0.119 e. The number of hydrogen-bond acceptors (Lipinski definition) is 0. The van der Waals surface area contributed by atoms with E-state index in [1.165, 1.54) is 16.7 Å². The molecular weight excluding hydrogens is 120 g/mol. The zero-order chi connectivity index (χ0) is 8.15. The molecule has 0 aliphatic rings. The van der Waals surface area contributed by atoms with Crippen molar-refractivity contribution in [3.05, 3.63) is 28.5 Å². The van der Waals surface area contributed by atoms with Crippen molar-refractivity contribution in [3.63, 3.8) is 0 Å². The van der Waals surface area contributed by atoms with Gasteiger partial charge in [-0.3, -0.25) is 0 Å². The van der Waals surface area contributed by atoms with Crippen LogP contribution in [0.25, 0.3) is 0 Å². The Hall–Kier alpha value is -0.740. The summed E-state index contributed by atoms with van der Waals surface area (Å²) in [7, 11) is 0. The second kappa shape index (κ2) is 4.14. The molecule has 0 saturated carbocycles. The third-order valence-corrected chi connectivity index (χ3v) is 1.46. The molecule has 0 aromatic rings. The Morgan fingerprint density at radius 1 is 1.10 bits per heavy atom. The largest absolute Gasteiger partial charge is 0.119 e. The topological polar surface area (TPSA) is 0 Å². The fourth-order valence-corrected chi connectivity index (χ4v) is 0.690. The van der Waals surface area contributed by atoms with Gasteiger partial charge < -0.3 is 0 Å². The maximum absolute atomic E-state index is 3.26. The smallest absolute Gasteiger partial charge is 0.00662 e. The fraction of sp³-hybridized carbons (Fsp3) is 0.500. The molecule has 0 aliphatic heterocycles. The van der Waals surface area contributed by atoms with Crippen molar-refractivity contribution in [1.82, 2.24) is 0 Å². The summed E-state index contributed by atoms with van der Waals surface area (Å²) in [6.07, 6.45) is 2.10. The van der Waals surface area contributed by atoms with Gasteiger partial charge in [0.25, 0.3) is 0 Å². The number of allylic oxidation sites excluding steroid dienone is 3. The lowest BCUT2D eigenvalue weighted by atomic mass is 10.1. The summed E-state index contributed by atoms with van der Waals surface area (Å²) in [4.78, 5) is 0. The van der Waals surface area contributed by atoms with E-state index in [4.69, 9.17) is 0 Å². The standard InChI is InChI=1S/C10H16/c1-6-9(4)10(5)7-8(2)3/h6H,1-5H3. The highest BCUT2D eigenvalue weighted by Gasteiger charge is 1.86. The van der Waals surface area contributed by atoms with Crippen LogP contribution < -0.4 is 0 Å². The van der Waals surface area contributed by atoms with Crippen LogP contribution in [0.5, 0.6) is 0 Å². The molecule has 0 nitrogen and oxygen atoms in total. The van der Waals surface area contributed by atoms with Crippen molar-refractivity contribution in [3.8, 4) is 0 Å². The Kier molecular flexibility index (Phi) is 3.83. The van der Waals surface area contributed by atoms with Crippen molar-refractivity contribution in [2.75, 3.05) is 0 Å². The molecule has 0 heterocycles. The fourth-order valence-electron chi connectivity index (χ4n) is 0.690. The maximum Gasteiger partial charge on any atom is -0.00662 e. The van der Waals surface area contributed by atoms with Gasteiger partial charge in [-0.15, -0.1) is 5.73 Å². The van der Waals surface area contributed by atoms with Crippen LogP contribution in [0.2, 0.25) is 0 Å². The van der Waals surface area contributed by atoms with Crippen LogP contribution >= 0.6 is 0 Å². The lowest BCUT2D eigenvalue weighted by molar-refractivity contribution is 1.30. The average Bonchev–Trinajstić information content (AvgIpc) is 1.85. The van der Waals surface area contributed by atoms with Gasteiger partial charge in [0.05, 0.1) is 0 Å². The molecule has 0 aromatic carbocycles. The van der Waals surface area contributed by atoms with Crippen molar-refractivity contribution in [2.45, 2.75) is 34.6 Å². The lowest BCUT2D eigenvalue weighted by Gasteiger charge is -1.94. The van der Waals surface area contributed by atoms with Crippen LogP contribution in [0.1, 0.15) is 34.6 Å². The van der Waals surface area contributed by atoms with Crippen LogP contribution in [0.3, 0.4) is 0 Å². The van der Waals surface area contributed by atoms with Gasteiger partial charge in [-0.25, -0.2) is 0 Å². The van der Waals surface area contributed by atoms with Gasteiger partial charge in [-0.1, -0.05) is 6.08 Å². The lowest BCUT2D eigenvalue weighted by Crippen LogP contribution is -1.75. The molecule has 0 N–H and O–H groups in total. The second-order valence-electron chi connectivity index (χ2n) is 2.72. The quantitative estimate of drug-likeness (QED) is 0.382. The minimum atomic E-state index is 1.23. The third-order valence-electron chi connectivity index (χ3n) is 1.46. The van der Waals surface area contributed by atoms with E-state index in [1.54, 1.807) is 0 Å². The first-order valence-corrected chi connectivity index (χ1v) is 3.62. The Balaban J connectivity index is 4.68. The zero-order valence-corrected chi connectivity index (χ0v) is 7.58. The SMILES string of the molecule is CC=C(C)C(C)=C=C(C)C. The molecule has 0 bridgehead atoms. The highest BCUT2D eigenvalue weighted by molar-refractivity contribution is 5.26. The normalized spacial score (nSPS) is 10.7. The van der Waals surface area contributed by atoms with Crippen LogP contribution in [0, 0.1) is 0 Å². The third kappa shape index (κ3) is 3.32. The van der Waals surface area contributed by atoms with Crippen LogP contribution in [-0.4, -0.2) is 0 Å². The summed E-state index contributed by atoms with van der Waals surface area (Å²) < 4.78 is 0. The van der Waals surface area contributed by atoms with E-state index in [1.807, 2.05) is 6.92 Å². The van der Waals surface area contributed by atoms with Crippen molar-refractivity contribution in [2.24, 2.45) is 0 Å². The van der Waals surface area contributed by atoms with Gasteiger partial charge >= 0.3 is 0 Å². The predicted octanol–water partition coefficient (Wildman–Crippen LogP) is 3.46. The van der Waals surface area contributed by atoms with Gasteiger partial charge in [0.1, 0.15) is 0 Å². The Morgan fingerprint density at radius 2 is 1.60 bits per heavy atom. The molecule has 56 valence electrons. The first-order chi connectivity index (χ1) is 4.57. The Labute approximate surface area is 64.0 Å². The molecule has 0 rings (SSSR count). The molecule has 0 atom stereocenters. The zero-order valence-electron chi connectivity index (χ0n) is 7.58. The van der Waals surface area contributed by atoms with Crippen molar-refractivity contribution in [1.29, 1.82) is 0 Å². The summed E-state index contributed by atoms with van der Waals surface area (Å²) in [6.45, 7) is 10.4. The van der Waals surface area contributed by atoms with Crippen molar-refractivity contribution >= 4 is 0 Å². The molecule has 0 aromatic heterocycles. The molecule has 0 radical (unpaired) electrons. The Morgan fingerprint density at radius 3 is 1.90 bits per heavy atom. The molecule has 0 heteroatoms. The highest BCUT2D eigenvalue weighted by Crippen LogP contribution is 2.06. The summed E-state index contributed by atoms with van der Waals surface area (Å²) in [5, 5.41) is 0. The number of hydrogen-bond donors (Lipinski definition) is 0. The average molecular weight is 136 g/mol. The highest BCUT2D eigenvalue weighted by atomic mass is 13.9. The van der Waals surface area contributed by atoms with E-state index in [9.17, 15) is 0 Å². The van der Waals surface area contributed by atoms with Gasteiger partial charge in [0.15, 0.2) is 0 Å². The van der Waals surface area contributed by atoms with Crippen LogP contribution in [0.15, 0.2) is 28.5 Å². The van der Waals surface area contributed by atoms with Gasteiger partial charge in [-0.2, -0.15) is 0 Å². The first kappa shape index (κ1) is 9.26. The maximum atomic E-state index is 3.26. The summed E-state index contributed by atoms with van der Waals surface area (Å²) in [5.41, 5.74) is 7.04. The predicted molar refractivity (Wildman–Crippen MR) is 47.0 cm³/mol. The Bertz CT molecular complexity index is 194. The molecule has 0 amide bonds. The second-order valence-corrected chi connectivity index (χ2v) is 2.72. The van der Waals surface area contributed by atoms with Crippen LogP contribution in [0.4, 0.5) is 0 Å². The summed E-state index contributed by atoms with van der Waals surface area (Å²) in [6, 6.07) is 0. The molecule has 0 spiro atoms. The monoisotopic (exact) mass is 136 g/mol. The molecule has 0 saturated heterocycles. The van der Waals surface area contributed by atoms with E-state index in [-0.39, 0.29) is 0 Å². The van der Waals surface area contributed by atoms with Crippen molar-refractivity contribution < 1.29 is 0 Å². The van der Waals surface area contributed by atoms with Gasteiger partial charge in [-0.05, 0) is 51.3 Å². The molecule has 10 heavy (non-hydrogen) atoms. The van der Waals surface area contributed by atoms with Gasteiger partial charge in [0, 0.05) is 0 Å². The molecular formula is C10H16. The first-order valence-electron chi connectivity index (χ1n) is 3.62. The van der Waals surface area contributed by atoms with E-state index < -0.39 is 0 Å². The minimum absolute atomic E-state index is 1.23. The summed E-state index contributed by atoms with van der Waals surface area (Å²) in [5.74, 6) is 0. The van der Waals surface area contributed by atoms with E-state index in [2.05, 4.69) is 39.5 Å². The van der Waals surface area contributed by atoms with E-state index in [0.717, 1.165) is 0 Å². The van der Waals surface area contributed by atoms with E-state index >= 15 is 0 Å². The van der Waals surface area contributed by atoms with Crippen LogP contribution in [-0.2, 0) is 0 Å². The molecule has 0 fully saturated rings. The van der Waals surface area contributed by atoms with Gasteiger partial charge in [0.2, 0.25) is 0 Å². The summed E-state index contributed by atoms with van der Waals surface area (Å²) >= 11 is 0. The van der Waals surface area contributed by atoms with E-state index in [0.29, 0.717) is 0 Å². The molecule has 0 aliphatic carbocycles. The molecule has 0 unspecified atom stereocenters.